The van der Waals surface area contributed by atoms with E-state index in [1.165, 1.54) is 0 Å². The van der Waals surface area contributed by atoms with Crippen molar-refractivity contribution in [2.45, 2.75) is 0 Å². The molecule has 0 spiro atoms. The van der Waals surface area contributed by atoms with Crippen molar-refractivity contribution in [3.8, 4) is 11.6 Å². The van der Waals surface area contributed by atoms with Crippen LogP contribution in [0.2, 0.25) is 0 Å². The first-order valence-electron chi connectivity index (χ1n) is 5.71. The third-order valence-electron chi connectivity index (χ3n) is 2.67. The molecule has 0 bridgehead atoms. The highest BCUT2D eigenvalue weighted by Crippen LogP contribution is 2.27. The van der Waals surface area contributed by atoms with Crippen molar-refractivity contribution in [2.24, 2.45) is 5.73 Å². The third-order valence-corrected chi connectivity index (χ3v) is 3.06. The average molecular weight is 333 g/mol. The minimum atomic E-state index is -0.560. The van der Waals surface area contributed by atoms with Crippen molar-refractivity contribution in [1.82, 2.24) is 14.4 Å². The summed E-state index contributed by atoms with van der Waals surface area (Å²) in [5.74, 6) is 0.0727. The Labute approximate surface area is 122 Å². The summed E-state index contributed by atoms with van der Waals surface area (Å²) in [6, 6.07) is 6.72. The van der Waals surface area contributed by atoms with Gasteiger partial charge in [0.2, 0.25) is 5.65 Å². The quantitative estimate of drug-likeness (QED) is 0.798. The van der Waals surface area contributed by atoms with Crippen molar-refractivity contribution >= 4 is 27.5 Å². The zero-order valence-corrected chi connectivity index (χ0v) is 11.7. The zero-order valence-electron chi connectivity index (χ0n) is 10.2. The molecule has 20 heavy (non-hydrogen) atoms. The van der Waals surface area contributed by atoms with Gasteiger partial charge in [0.05, 0.1) is 5.56 Å². The van der Waals surface area contributed by atoms with Crippen LogP contribution in [0.25, 0.3) is 5.65 Å². The molecule has 0 saturated carbocycles. The van der Waals surface area contributed by atoms with Crippen LogP contribution in [0.3, 0.4) is 0 Å². The van der Waals surface area contributed by atoms with Crippen molar-refractivity contribution in [3.63, 3.8) is 0 Å². The maximum atomic E-state index is 11.4. The van der Waals surface area contributed by atoms with Crippen molar-refractivity contribution < 1.29 is 9.53 Å². The number of para-hydroxylation sites is 1. The van der Waals surface area contributed by atoms with Crippen molar-refractivity contribution in [1.29, 1.82) is 0 Å². The molecule has 0 atom stereocenters. The monoisotopic (exact) mass is 332 g/mol. The van der Waals surface area contributed by atoms with E-state index in [4.69, 9.17) is 10.5 Å². The lowest BCUT2D eigenvalue weighted by atomic mass is 10.2. The minimum absolute atomic E-state index is 0.290. The Bertz CT molecular complexity index is 800. The van der Waals surface area contributed by atoms with E-state index in [0.717, 1.165) is 0 Å². The number of carbonyl (C=O) groups excluding carboxylic acids is 1. The van der Waals surface area contributed by atoms with E-state index in [2.05, 4.69) is 25.9 Å². The molecule has 0 saturated heterocycles. The number of ether oxygens (including phenoxy) is 1. The van der Waals surface area contributed by atoms with Gasteiger partial charge in [0.25, 0.3) is 11.8 Å². The molecule has 2 aromatic heterocycles. The topological polar surface area (TPSA) is 82.5 Å². The van der Waals surface area contributed by atoms with Crippen molar-refractivity contribution in [3.05, 3.63) is 53.0 Å². The van der Waals surface area contributed by atoms with Gasteiger partial charge >= 0.3 is 0 Å². The summed E-state index contributed by atoms with van der Waals surface area (Å²) in [6.07, 6.45) is 5.17. The molecular weight excluding hydrogens is 324 g/mol. The van der Waals surface area contributed by atoms with Gasteiger partial charge in [-0.15, -0.1) is 0 Å². The van der Waals surface area contributed by atoms with Gasteiger partial charge < -0.3 is 10.5 Å². The van der Waals surface area contributed by atoms with E-state index in [1.54, 1.807) is 47.3 Å². The number of hydrogen-bond donors (Lipinski definition) is 1. The molecule has 100 valence electrons. The van der Waals surface area contributed by atoms with Crippen LogP contribution in [0.15, 0.2) is 47.5 Å². The number of imidazole rings is 1. The number of benzene rings is 1. The number of halogens is 1. The Morgan fingerprint density at radius 1 is 1.35 bits per heavy atom. The Balaban J connectivity index is 2.10. The molecule has 7 heteroatoms. The van der Waals surface area contributed by atoms with E-state index < -0.39 is 5.91 Å². The van der Waals surface area contributed by atoms with Gasteiger partial charge in [0, 0.05) is 18.6 Å². The molecule has 1 amide bonds. The Morgan fingerprint density at radius 3 is 2.95 bits per heavy atom. The molecule has 2 N–H and O–H groups in total. The van der Waals surface area contributed by atoms with E-state index in [9.17, 15) is 4.79 Å². The van der Waals surface area contributed by atoms with Crippen LogP contribution >= 0.6 is 15.9 Å². The highest BCUT2D eigenvalue weighted by atomic mass is 79.9. The number of nitrogens with zero attached hydrogens (tertiary/aromatic N) is 3. The molecule has 0 aliphatic heterocycles. The van der Waals surface area contributed by atoms with E-state index in [-0.39, 0.29) is 5.88 Å². The second-order valence-electron chi connectivity index (χ2n) is 3.99. The first-order valence-corrected chi connectivity index (χ1v) is 6.50. The first kappa shape index (κ1) is 12.6. The standard InChI is InChI=1S/C13H9BrN4O2/c14-10-7-18-6-5-16-12(18)13(17-10)20-9-4-2-1-3-8(9)11(15)19/h1-7H,(H2,15,19). The molecule has 0 radical (unpaired) electrons. The van der Waals surface area contributed by atoms with Gasteiger partial charge in [-0.05, 0) is 28.1 Å². The summed E-state index contributed by atoms with van der Waals surface area (Å²) in [5, 5.41) is 0. The molecule has 6 nitrogen and oxygen atoms in total. The lowest BCUT2D eigenvalue weighted by Crippen LogP contribution is -2.12. The first-order chi connectivity index (χ1) is 9.65. The normalized spacial score (nSPS) is 10.7. The SMILES string of the molecule is NC(=O)c1ccccc1Oc1nc(Br)cn2ccnc12. The molecular formula is C13H9BrN4O2. The number of carbonyl (C=O) groups is 1. The number of hydrogen-bond acceptors (Lipinski definition) is 4. The van der Waals surface area contributed by atoms with Crippen LogP contribution < -0.4 is 10.5 Å². The second kappa shape index (κ2) is 4.93. The smallest absolute Gasteiger partial charge is 0.264 e. The van der Waals surface area contributed by atoms with Crippen LogP contribution in [0, 0.1) is 0 Å². The van der Waals surface area contributed by atoms with Gasteiger partial charge in [0.15, 0.2) is 0 Å². The summed E-state index contributed by atoms with van der Waals surface area (Å²) >= 11 is 3.30. The molecule has 0 aliphatic rings. The van der Waals surface area contributed by atoms with Crippen molar-refractivity contribution in [2.75, 3.05) is 0 Å². The summed E-state index contributed by atoms with van der Waals surface area (Å²) in [6.45, 7) is 0. The van der Waals surface area contributed by atoms with Crippen LogP contribution in [0.5, 0.6) is 11.6 Å². The molecule has 0 unspecified atom stereocenters. The Kier molecular flexibility index (Phi) is 3.11. The minimum Gasteiger partial charge on any atom is -0.435 e. The summed E-state index contributed by atoms with van der Waals surface area (Å²) in [5.41, 5.74) is 6.16. The largest absolute Gasteiger partial charge is 0.435 e. The van der Waals surface area contributed by atoms with Gasteiger partial charge in [0.1, 0.15) is 10.4 Å². The summed E-state index contributed by atoms with van der Waals surface area (Å²) in [7, 11) is 0. The lowest BCUT2D eigenvalue weighted by Gasteiger charge is -2.09. The molecule has 1 aromatic carbocycles. The fourth-order valence-corrected chi connectivity index (χ4v) is 2.19. The van der Waals surface area contributed by atoms with Gasteiger partial charge in [-0.2, -0.15) is 0 Å². The van der Waals surface area contributed by atoms with Gasteiger partial charge in [-0.1, -0.05) is 12.1 Å². The number of rotatable bonds is 3. The molecule has 3 rings (SSSR count). The van der Waals surface area contributed by atoms with Crippen LogP contribution in [0.1, 0.15) is 10.4 Å². The number of nitrogens with two attached hydrogens (primary N) is 1. The van der Waals surface area contributed by atoms with Crippen LogP contribution in [-0.4, -0.2) is 20.3 Å². The van der Waals surface area contributed by atoms with E-state index in [1.807, 2.05) is 0 Å². The fraction of sp³-hybridized carbons (Fsp3) is 0. The predicted octanol–water partition coefficient (Wildman–Crippen LogP) is 2.38. The van der Waals surface area contributed by atoms with Gasteiger partial charge in [-0.3, -0.25) is 9.20 Å². The maximum absolute atomic E-state index is 11.4. The molecule has 0 fully saturated rings. The number of fused-ring (bicyclic) bond motifs is 1. The van der Waals surface area contributed by atoms with Crippen LogP contribution in [0.4, 0.5) is 0 Å². The molecule has 2 heterocycles. The average Bonchev–Trinajstić information content (AvgIpc) is 2.87. The fourth-order valence-electron chi connectivity index (χ4n) is 1.81. The van der Waals surface area contributed by atoms with E-state index >= 15 is 0 Å². The molecule has 3 aromatic rings. The maximum Gasteiger partial charge on any atom is 0.264 e. The second-order valence-corrected chi connectivity index (χ2v) is 4.80. The van der Waals surface area contributed by atoms with Gasteiger partial charge in [-0.25, -0.2) is 9.97 Å². The third kappa shape index (κ3) is 2.23. The summed E-state index contributed by atoms with van der Waals surface area (Å²) < 4.78 is 8.05. The number of amides is 1. The highest BCUT2D eigenvalue weighted by Gasteiger charge is 2.13. The molecule has 0 aliphatic carbocycles. The zero-order chi connectivity index (χ0) is 14.1. The summed E-state index contributed by atoms with van der Waals surface area (Å²) in [4.78, 5) is 19.8. The highest BCUT2D eigenvalue weighted by molar-refractivity contribution is 9.10. The number of primary amides is 1. The number of aromatic nitrogens is 3. The van der Waals surface area contributed by atoms with Crippen LogP contribution in [-0.2, 0) is 0 Å². The predicted molar refractivity (Wildman–Crippen MR) is 75.7 cm³/mol. The Morgan fingerprint density at radius 2 is 2.15 bits per heavy atom. The lowest BCUT2D eigenvalue weighted by molar-refractivity contribution is 0.0998. The van der Waals surface area contributed by atoms with E-state index in [0.29, 0.717) is 21.6 Å². The Hall–Kier alpha value is -2.41.